The summed E-state index contributed by atoms with van der Waals surface area (Å²) in [6.45, 7) is 2.34. The molecule has 6 nitrogen and oxygen atoms in total. The van der Waals surface area contributed by atoms with E-state index < -0.39 is 5.97 Å². The van der Waals surface area contributed by atoms with Gasteiger partial charge < -0.3 is 15.3 Å². The summed E-state index contributed by atoms with van der Waals surface area (Å²) in [5.74, 6) is -1.56. The predicted molar refractivity (Wildman–Crippen MR) is 57.8 cm³/mol. The highest BCUT2D eigenvalue weighted by Gasteiger charge is 2.16. The van der Waals surface area contributed by atoms with E-state index in [0.717, 1.165) is 6.42 Å². The van der Waals surface area contributed by atoms with Crippen molar-refractivity contribution in [2.24, 2.45) is 0 Å². The van der Waals surface area contributed by atoms with Crippen molar-refractivity contribution in [2.75, 3.05) is 20.1 Å². The van der Waals surface area contributed by atoms with Gasteiger partial charge in [0.15, 0.2) is 0 Å². The molecule has 16 heavy (non-hydrogen) atoms. The number of nitrogens with zero attached hydrogens (tertiary/aromatic N) is 1. The average Bonchev–Trinajstić information content (AvgIpc) is 2.24. The number of hydrogen-bond acceptors (Lipinski definition) is 3. The molecule has 2 N–H and O–H groups in total. The largest absolute Gasteiger partial charge is 0.481 e. The van der Waals surface area contributed by atoms with Gasteiger partial charge in [-0.1, -0.05) is 6.92 Å². The first-order valence-electron chi connectivity index (χ1n) is 5.21. The van der Waals surface area contributed by atoms with Gasteiger partial charge in [-0.25, -0.2) is 0 Å². The van der Waals surface area contributed by atoms with Crippen LogP contribution in [0.2, 0.25) is 0 Å². The van der Waals surface area contributed by atoms with Crippen molar-refractivity contribution < 1.29 is 19.5 Å². The van der Waals surface area contributed by atoms with Crippen LogP contribution in [0.5, 0.6) is 0 Å². The van der Waals surface area contributed by atoms with Gasteiger partial charge in [-0.15, -0.1) is 0 Å². The second-order valence-corrected chi connectivity index (χ2v) is 3.38. The van der Waals surface area contributed by atoms with Crippen LogP contribution in [-0.4, -0.2) is 47.9 Å². The van der Waals surface area contributed by atoms with Crippen LogP contribution in [0.4, 0.5) is 0 Å². The first kappa shape index (κ1) is 14.4. The predicted octanol–water partition coefficient (Wildman–Crippen LogP) is -0.164. The molecule has 0 heterocycles. The fourth-order valence-corrected chi connectivity index (χ4v) is 1.19. The summed E-state index contributed by atoms with van der Waals surface area (Å²) >= 11 is 0. The van der Waals surface area contributed by atoms with Gasteiger partial charge in [-0.05, 0) is 6.42 Å². The number of amides is 2. The highest BCUT2D eigenvalue weighted by atomic mass is 16.4. The summed E-state index contributed by atoms with van der Waals surface area (Å²) < 4.78 is 0. The Balaban J connectivity index is 4.22. The molecule has 0 unspecified atom stereocenters. The molecule has 0 spiro atoms. The van der Waals surface area contributed by atoms with E-state index in [1.807, 2.05) is 6.92 Å². The van der Waals surface area contributed by atoms with Gasteiger partial charge in [0, 0.05) is 20.0 Å². The van der Waals surface area contributed by atoms with Crippen LogP contribution >= 0.6 is 0 Å². The van der Waals surface area contributed by atoms with Crippen LogP contribution in [-0.2, 0) is 14.4 Å². The number of likely N-dealkylation sites (N-methyl/N-ethyl adjacent to an activating group) is 1. The first-order chi connectivity index (χ1) is 7.51. The molecule has 0 radical (unpaired) electrons. The number of carboxylic acids is 1. The maximum Gasteiger partial charge on any atom is 0.303 e. The lowest BCUT2D eigenvalue weighted by atomic mass is 10.2. The summed E-state index contributed by atoms with van der Waals surface area (Å²) in [4.78, 5) is 34.4. The van der Waals surface area contributed by atoms with Crippen LogP contribution < -0.4 is 5.32 Å². The minimum atomic E-state index is -1.01. The Labute approximate surface area is 94.6 Å². The van der Waals surface area contributed by atoms with Crippen molar-refractivity contribution in [3.63, 3.8) is 0 Å². The third-order valence-electron chi connectivity index (χ3n) is 2.01. The quantitative estimate of drug-likeness (QED) is 0.636. The maximum atomic E-state index is 11.6. The Bertz CT molecular complexity index is 266. The normalized spacial score (nSPS) is 9.62. The Morgan fingerprint density at radius 3 is 2.31 bits per heavy atom. The molecule has 0 bridgehead atoms. The van der Waals surface area contributed by atoms with Gasteiger partial charge in [0.25, 0.3) is 0 Å². The van der Waals surface area contributed by atoms with Gasteiger partial charge in [-0.3, -0.25) is 14.4 Å². The molecule has 0 rings (SSSR count). The fraction of sp³-hybridized carbons (Fsp3) is 0.700. The Hall–Kier alpha value is -1.59. The summed E-state index contributed by atoms with van der Waals surface area (Å²) in [7, 11) is 1.49. The molecule has 0 fully saturated rings. The Morgan fingerprint density at radius 1 is 1.25 bits per heavy atom. The summed E-state index contributed by atoms with van der Waals surface area (Å²) in [6, 6.07) is 0. The maximum absolute atomic E-state index is 11.6. The molecule has 0 aliphatic rings. The highest BCUT2D eigenvalue weighted by Crippen LogP contribution is 1.99. The van der Waals surface area contributed by atoms with Crippen molar-refractivity contribution >= 4 is 17.8 Å². The zero-order chi connectivity index (χ0) is 12.6. The molecule has 0 saturated heterocycles. The van der Waals surface area contributed by atoms with Crippen molar-refractivity contribution in [3.05, 3.63) is 0 Å². The lowest BCUT2D eigenvalue weighted by molar-refractivity contribution is -0.141. The second kappa shape index (κ2) is 7.67. The minimum Gasteiger partial charge on any atom is -0.481 e. The van der Waals surface area contributed by atoms with Gasteiger partial charge in [-0.2, -0.15) is 0 Å². The van der Waals surface area contributed by atoms with E-state index in [0.29, 0.717) is 6.54 Å². The van der Waals surface area contributed by atoms with Crippen molar-refractivity contribution in [3.8, 4) is 0 Å². The fourth-order valence-electron chi connectivity index (χ4n) is 1.19. The highest BCUT2D eigenvalue weighted by molar-refractivity contribution is 5.86. The molecular formula is C10H18N2O4. The topological polar surface area (TPSA) is 86.7 Å². The molecule has 0 aromatic heterocycles. The van der Waals surface area contributed by atoms with E-state index >= 15 is 0 Å². The van der Waals surface area contributed by atoms with Crippen molar-refractivity contribution in [1.82, 2.24) is 10.2 Å². The third kappa shape index (κ3) is 6.00. The molecule has 0 aliphatic heterocycles. The Kier molecular flexibility index (Phi) is 6.91. The third-order valence-corrected chi connectivity index (χ3v) is 2.01. The number of nitrogens with one attached hydrogen (secondary N) is 1. The standard InChI is InChI=1S/C10H18N2O4/c1-3-6-12(7-8(13)11-2)9(14)4-5-10(15)16/h3-7H2,1-2H3,(H,11,13)(H,15,16). The van der Waals surface area contributed by atoms with E-state index in [9.17, 15) is 14.4 Å². The minimum absolute atomic E-state index is 0.0111. The molecule has 0 atom stereocenters. The lowest BCUT2D eigenvalue weighted by Crippen LogP contribution is -2.40. The number of carboxylic acid groups (broad SMARTS) is 1. The summed E-state index contributed by atoms with van der Waals surface area (Å²) in [5, 5.41) is 10.9. The Morgan fingerprint density at radius 2 is 1.88 bits per heavy atom. The molecule has 0 saturated carbocycles. The van der Waals surface area contributed by atoms with Gasteiger partial charge in [0.05, 0.1) is 13.0 Å². The van der Waals surface area contributed by atoms with Crippen LogP contribution in [0.3, 0.4) is 0 Å². The number of rotatable bonds is 7. The molecule has 2 amide bonds. The lowest BCUT2D eigenvalue weighted by Gasteiger charge is -2.20. The van der Waals surface area contributed by atoms with Crippen LogP contribution in [0.15, 0.2) is 0 Å². The van der Waals surface area contributed by atoms with Gasteiger partial charge in [0.2, 0.25) is 11.8 Å². The number of hydrogen-bond donors (Lipinski definition) is 2. The molecule has 6 heteroatoms. The average molecular weight is 230 g/mol. The van der Waals surface area contributed by atoms with Crippen LogP contribution in [0, 0.1) is 0 Å². The summed E-state index contributed by atoms with van der Waals surface area (Å²) in [5.41, 5.74) is 0. The van der Waals surface area contributed by atoms with Crippen LogP contribution in [0.1, 0.15) is 26.2 Å². The smallest absolute Gasteiger partial charge is 0.303 e. The van der Waals surface area contributed by atoms with E-state index in [1.54, 1.807) is 0 Å². The van der Waals surface area contributed by atoms with E-state index in [4.69, 9.17) is 5.11 Å². The molecule has 0 aromatic carbocycles. The van der Waals surface area contributed by atoms with Gasteiger partial charge >= 0.3 is 5.97 Å². The molecule has 92 valence electrons. The zero-order valence-corrected chi connectivity index (χ0v) is 9.65. The molecule has 0 aromatic rings. The number of aliphatic carboxylic acids is 1. The second-order valence-electron chi connectivity index (χ2n) is 3.38. The van der Waals surface area contributed by atoms with E-state index in [2.05, 4.69) is 5.32 Å². The molecular weight excluding hydrogens is 212 g/mol. The van der Waals surface area contributed by atoms with Crippen molar-refractivity contribution in [1.29, 1.82) is 0 Å². The molecule has 0 aliphatic carbocycles. The zero-order valence-electron chi connectivity index (χ0n) is 9.65. The monoisotopic (exact) mass is 230 g/mol. The first-order valence-corrected chi connectivity index (χ1v) is 5.21. The van der Waals surface area contributed by atoms with Crippen molar-refractivity contribution in [2.45, 2.75) is 26.2 Å². The van der Waals surface area contributed by atoms with Crippen LogP contribution in [0.25, 0.3) is 0 Å². The van der Waals surface area contributed by atoms with E-state index in [1.165, 1.54) is 11.9 Å². The number of carbonyl (C=O) groups excluding carboxylic acids is 2. The van der Waals surface area contributed by atoms with Gasteiger partial charge in [0.1, 0.15) is 0 Å². The number of carbonyl (C=O) groups is 3. The van der Waals surface area contributed by atoms with E-state index in [-0.39, 0.29) is 31.2 Å². The summed E-state index contributed by atoms with van der Waals surface area (Å²) in [6.07, 6.45) is 0.467. The SMILES string of the molecule is CCCN(CC(=O)NC)C(=O)CCC(=O)O.